The third-order valence-corrected chi connectivity index (χ3v) is 2.63. The SMILES string of the molecule is CC(O)CNC(=O)c1ccc(-c2noc(C(F)(F)F)n2)cc1. The van der Waals surface area contributed by atoms with Crippen molar-refractivity contribution in [2.24, 2.45) is 0 Å². The van der Waals surface area contributed by atoms with Crippen LogP contribution in [0.1, 0.15) is 23.2 Å². The van der Waals surface area contributed by atoms with Crippen LogP contribution in [0.4, 0.5) is 13.2 Å². The number of nitrogens with zero attached hydrogens (tertiary/aromatic N) is 2. The van der Waals surface area contributed by atoms with Gasteiger partial charge in [0.2, 0.25) is 5.82 Å². The van der Waals surface area contributed by atoms with Crippen molar-refractivity contribution in [1.29, 1.82) is 0 Å². The fourth-order valence-electron chi connectivity index (χ4n) is 1.57. The number of aliphatic hydroxyl groups is 1. The van der Waals surface area contributed by atoms with Gasteiger partial charge in [-0.2, -0.15) is 18.2 Å². The molecule has 0 bridgehead atoms. The summed E-state index contributed by atoms with van der Waals surface area (Å²) >= 11 is 0. The van der Waals surface area contributed by atoms with Gasteiger partial charge in [0, 0.05) is 17.7 Å². The van der Waals surface area contributed by atoms with Crippen molar-refractivity contribution >= 4 is 5.91 Å². The molecule has 1 heterocycles. The molecule has 1 aromatic carbocycles. The zero-order valence-electron chi connectivity index (χ0n) is 11.4. The van der Waals surface area contributed by atoms with Crippen molar-refractivity contribution in [3.05, 3.63) is 35.7 Å². The minimum atomic E-state index is -4.70. The van der Waals surface area contributed by atoms with Crippen LogP contribution >= 0.6 is 0 Å². The molecule has 2 N–H and O–H groups in total. The highest BCUT2D eigenvalue weighted by molar-refractivity contribution is 5.94. The Balaban J connectivity index is 2.12. The monoisotopic (exact) mass is 315 g/mol. The van der Waals surface area contributed by atoms with E-state index in [-0.39, 0.29) is 17.9 Å². The fraction of sp³-hybridized carbons (Fsp3) is 0.308. The van der Waals surface area contributed by atoms with Crippen LogP contribution in [0.2, 0.25) is 0 Å². The average Bonchev–Trinajstić information content (AvgIpc) is 2.94. The Morgan fingerprint density at radius 1 is 1.36 bits per heavy atom. The number of nitrogens with one attached hydrogen (secondary N) is 1. The van der Waals surface area contributed by atoms with E-state index < -0.39 is 24.1 Å². The molecule has 2 rings (SSSR count). The highest BCUT2D eigenvalue weighted by Crippen LogP contribution is 2.29. The number of carbonyl (C=O) groups excluding carboxylic acids is 1. The van der Waals surface area contributed by atoms with Crippen LogP contribution in [0.15, 0.2) is 28.8 Å². The third-order valence-electron chi connectivity index (χ3n) is 2.63. The summed E-state index contributed by atoms with van der Waals surface area (Å²) in [4.78, 5) is 15.0. The number of halogens is 3. The average molecular weight is 315 g/mol. The van der Waals surface area contributed by atoms with Gasteiger partial charge in [0.05, 0.1) is 6.10 Å². The maximum absolute atomic E-state index is 12.4. The van der Waals surface area contributed by atoms with Gasteiger partial charge in [0.1, 0.15) is 0 Å². The van der Waals surface area contributed by atoms with Crippen LogP contribution in [-0.4, -0.2) is 33.8 Å². The predicted octanol–water partition coefficient (Wildman–Crippen LogP) is 1.87. The van der Waals surface area contributed by atoms with Gasteiger partial charge in [-0.3, -0.25) is 4.79 Å². The van der Waals surface area contributed by atoms with E-state index >= 15 is 0 Å². The molecule has 1 amide bonds. The van der Waals surface area contributed by atoms with E-state index in [1.807, 2.05) is 0 Å². The Morgan fingerprint density at radius 2 is 2.00 bits per heavy atom. The Hall–Kier alpha value is -2.42. The first kappa shape index (κ1) is 16.0. The quantitative estimate of drug-likeness (QED) is 0.899. The van der Waals surface area contributed by atoms with E-state index in [1.54, 1.807) is 0 Å². The molecule has 9 heteroatoms. The first-order valence-electron chi connectivity index (χ1n) is 6.25. The smallest absolute Gasteiger partial charge is 0.392 e. The van der Waals surface area contributed by atoms with Gasteiger partial charge in [-0.25, -0.2) is 0 Å². The molecule has 2 aromatic rings. The number of aliphatic hydroxyl groups excluding tert-OH is 1. The molecule has 118 valence electrons. The van der Waals surface area contributed by atoms with Crippen LogP contribution in [0.5, 0.6) is 0 Å². The molecule has 22 heavy (non-hydrogen) atoms. The van der Waals surface area contributed by atoms with Crippen LogP contribution in [0.3, 0.4) is 0 Å². The second-order valence-corrected chi connectivity index (χ2v) is 4.56. The summed E-state index contributed by atoms with van der Waals surface area (Å²) in [6, 6.07) is 5.64. The normalized spacial score (nSPS) is 13.0. The van der Waals surface area contributed by atoms with Crippen molar-refractivity contribution in [3.63, 3.8) is 0 Å². The minimum Gasteiger partial charge on any atom is -0.392 e. The lowest BCUT2D eigenvalue weighted by atomic mass is 10.1. The van der Waals surface area contributed by atoms with Gasteiger partial charge in [-0.1, -0.05) is 17.3 Å². The van der Waals surface area contributed by atoms with Crippen molar-refractivity contribution in [1.82, 2.24) is 15.5 Å². The zero-order chi connectivity index (χ0) is 16.3. The molecule has 0 radical (unpaired) electrons. The number of benzene rings is 1. The van der Waals surface area contributed by atoms with Crippen molar-refractivity contribution < 1.29 is 27.6 Å². The Bertz CT molecular complexity index is 651. The number of amides is 1. The predicted molar refractivity (Wildman–Crippen MR) is 68.8 cm³/mol. The summed E-state index contributed by atoms with van der Waals surface area (Å²) in [5, 5.41) is 14.8. The molecule has 0 fully saturated rings. The van der Waals surface area contributed by atoms with Gasteiger partial charge >= 0.3 is 12.1 Å². The molecule has 1 unspecified atom stereocenters. The highest BCUT2D eigenvalue weighted by Gasteiger charge is 2.38. The number of alkyl halides is 3. The Kier molecular flexibility index (Phi) is 4.45. The van der Waals surface area contributed by atoms with E-state index in [0.717, 1.165) is 0 Å². The van der Waals surface area contributed by atoms with Crippen LogP contribution in [-0.2, 0) is 6.18 Å². The molecule has 1 atom stereocenters. The van der Waals surface area contributed by atoms with Crippen molar-refractivity contribution in [2.75, 3.05) is 6.54 Å². The summed E-state index contributed by atoms with van der Waals surface area (Å²) in [7, 11) is 0. The maximum atomic E-state index is 12.4. The number of aromatic nitrogens is 2. The van der Waals surface area contributed by atoms with Crippen LogP contribution < -0.4 is 5.32 Å². The largest absolute Gasteiger partial charge is 0.471 e. The van der Waals surface area contributed by atoms with E-state index in [0.29, 0.717) is 5.56 Å². The molecular weight excluding hydrogens is 303 g/mol. The molecule has 6 nitrogen and oxygen atoms in total. The van der Waals surface area contributed by atoms with Crippen molar-refractivity contribution in [2.45, 2.75) is 19.2 Å². The summed E-state index contributed by atoms with van der Waals surface area (Å²) in [6.45, 7) is 1.62. The first-order valence-corrected chi connectivity index (χ1v) is 6.25. The maximum Gasteiger partial charge on any atom is 0.471 e. The Labute approximate surface area is 123 Å². The number of carbonyl (C=O) groups is 1. The van der Waals surface area contributed by atoms with Crippen LogP contribution in [0.25, 0.3) is 11.4 Å². The summed E-state index contributed by atoms with van der Waals surface area (Å²) in [5.41, 5.74) is 0.579. The summed E-state index contributed by atoms with van der Waals surface area (Å²) in [6.07, 6.45) is -5.38. The lowest BCUT2D eigenvalue weighted by molar-refractivity contribution is -0.159. The molecule has 0 spiro atoms. The first-order chi connectivity index (χ1) is 10.3. The molecule has 0 saturated carbocycles. The second-order valence-electron chi connectivity index (χ2n) is 4.56. The molecule has 1 aromatic heterocycles. The van der Waals surface area contributed by atoms with Crippen LogP contribution in [0, 0.1) is 0 Å². The van der Waals surface area contributed by atoms with E-state index in [4.69, 9.17) is 5.11 Å². The second kappa shape index (κ2) is 6.14. The van der Waals surface area contributed by atoms with Crippen molar-refractivity contribution in [3.8, 4) is 11.4 Å². The highest BCUT2D eigenvalue weighted by atomic mass is 19.4. The van der Waals surface area contributed by atoms with E-state index in [2.05, 4.69) is 20.0 Å². The lowest BCUT2D eigenvalue weighted by Crippen LogP contribution is -2.30. The van der Waals surface area contributed by atoms with E-state index in [1.165, 1.54) is 31.2 Å². The summed E-state index contributed by atoms with van der Waals surface area (Å²) < 4.78 is 41.2. The Morgan fingerprint density at radius 3 is 2.50 bits per heavy atom. The fourth-order valence-corrected chi connectivity index (χ4v) is 1.57. The molecule has 0 aliphatic heterocycles. The summed E-state index contributed by atoms with van der Waals surface area (Å²) in [5.74, 6) is -2.05. The molecular formula is C13H12F3N3O3. The molecule has 0 aliphatic rings. The van der Waals surface area contributed by atoms with Gasteiger partial charge in [0.15, 0.2) is 0 Å². The zero-order valence-corrected chi connectivity index (χ0v) is 11.4. The standard InChI is InChI=1S/C13H12F3N3O3/c1-7(20)6-17-11(21)9-4-2-8(3-5-9)10-18-12(22-19-10)13(14,15)16/h2-5,7,20H,6H2,1H3,(H,17,21). The topological polar surface area (TPSA) is 88.2 Å². The van der Waals surface area contributed by atoms with Gasteiger partial charge < -0.3 is 14.9 Å². The minimum absolute atomic E-state index is 0.0976. The van der Waals surface area contributed by atoms with E-state index in [9.17, 15) is 18.0 Å². The number of hydrogen-bond acceptors (Lipinski definition) is 5. The van der Waals surface area contributed by atoms with Gasteiger partial charge in [-0.05, 0) is 19.1 Å². The van der Waals surface area contributed by atoms with Gasteiger partial charge in [0.25, 0.3) is 5.91 Å². The third kappa shape index (κ3) is 3.82. The molecule has 0 saturated heterocycles. The number of hydrogen-bond donors (Lipinski definition) is 2. The molecule has 0 aliphatic carbocycles. The lowest BCUT2D eigenvalue weighted by Gasteiger charge is -2.07. The van der Waals surface area contributed by atoms with Gasteiger partial charge in [-0.15, -0.1) is 0 Å². The number of rotatable bonds is 4.